The van der Waals surface area contributed by atoms with Crippen molar-refractivity contribution in [1.82, 2.24) is 10.2 Å². The maximum absolute atomic E-state index is 3.29. The van der Waals surface area contributed by atoms with Gasteiger partial charge < -0.3 is 5.32 Å². The molecule has 1 heterocycles. The molecule has 0 radical (unpaired) electrons. The van der Waals surface area contributed by atoms with Gasteiger partial charge in [0.1, 0.15) is 0 Å². The number of aryl methyl sites for hydroxylation is 1. The lowest BCUT2D eigenvalue weighted by atomic mass is 9.96. The highest BCUT2D eigenvalue weighted by atomic mass is 15.2. The normalized spacial score (nSPS) is 20.7. The summed E-state index contributed by atoms with van der Waals surface area (Å²) in [6, 6.07) is 7.48. The van der Waals surface area contributed by atoms with Crippen LogP contribution in [0.1, 0.15) is 42.4 Å². The van der Waals surface area contributed by atoms with Crippen LogP contribution in [0, 0.1) is 13.8 Å². The van der Waals surface area contributed by atoms with Gasteiger partial charge in [0.15, 0.2) is 0 Å². The van der Waals surface area contributed by atoms with Crippen LogP contribution in [0.3, 0.4) is 0 Å². The van der Waals surface area contributed by atoms with Gasteiger partial charge in [-0.3, -0.25) is 4.90 Å². The predicted octanol–water partition coefficient (Wildman–Crippen LogP) is 3.27. The Bertz CT molecular complexity index is 400. The highest BCUT2D eigenvalue weighted by Crippen LogP contribution is 2.23. The molecule has 2 rings (SSSR count). The van der Waals surface area contributed by atoms with Gasteiger partial charge in [0, 0.05) is 12.6 Å². The summed E-state index contributed by atoms with van der Waals surface area (Å²) in [4.78, 5) is 2.70. The largest absolute Gasteiger partial charge is 0.320 e. The van der Waals surface area contributed by atoms with E-state index >= 15 is 0 Å². The number of piperidine rings is 1. The lowest BCUT2D eigenvalue weighted by molar-refractivity contribution is 0.132. The van der Waals surface area contributed by atoms with E-state index in [9.17, 15) is 0 Å². The summed E-state index contributed by atoms with van der Waals surface area (Å²) in [6.45, 7) is 8.00. The molecule has 1 aromatic rings. The fourth-order valence-electron chi connectivity index (χ4n) is 3.11. The zero-order valence-electron chi connectivity index (χ0n) is 12.7. The van der Waals surface area contributed by atoms with Gasteiger partial charge in [-0.25, -0.2) is 0 Å². The van der Waals surface area contributed by atoms with Crippen LogP contribution in [-0.4, -0.2) is 31.1 Å². The van der Waals surface area contributed by atoms with E-state index in [0.29, 0.717) is 0 Å². The summed E-state index contributed by atoms with van der Waals surface area (Å²) in [5.41, 5.74) is 4.40. The third-order valence-corrected chi connectivity index (χ3v) is 4.57. The first-order valence-electron chi connectivity index (χ1n) is 7.66. The molecule has 19 heavy (non-hydrogen) atoms. The van der Waals surface area contributed by atoms with Gasteiger partial charge in [0.05, 0.1) is 0 Å². The van der Waals surface area contributed by atoms with E-state index in [4.69, 9.17) is 0 Å². The summed E-state index contributed by atoms with van der Waals surface area (Å²) in [5, 5.41) is 3.29. The number of nitrogens with zero attached hydrogens (tertiary/aromatic N) is 1. The summed E-state index contributed by atoms with van der Waals surface area (Å²) in [5.74, 6) is 0. The molecule has 0 amide bonds. The first-order valence-corrected chi connectivity index (χ1v) is 7.66. The fourth-order valence-corrected chi connectivity index (χ4v) is 3.11. The van der Waals surface area contributed by atoms with Crippen molar-refractivity contribution >= 4 is 0 Å². The highest BCUT2D eigenvalue weighted by molar-refractivity contribution is 5.33. The van der Waals surface area contributed by atoms with Gasteiger partial charge in [-0.2, -0.15) is 0 Å². The lowest BCUT2D eigenvalue weighted by Crippen LogP contribution is -2.40. The minimum atomic E-state index is 0.765. The molecule has 2 heteroatoms. The van der Waals surface area contributed by atoms with E-state index in [-0.39, 0.29) is 0 Å². The molecule has 1 saturated heterocycles. The minimum absolute atomic E-state index is 0.765. The summed E-state index contributed by atoms with van der Waals surface area (Å²) < 4.78 is 0. The Morgan fingerprint density at radius 1 is 1.26 bits per heavy atom. The maximum Gasteiger partial charge on any atom is 0.0239 e. The Hall–Kier alpha value is -0.860. The van der Waals surface area contributed by atoms with E-state index in [1.54, 1.807) is 0 Å². The number of benzene rings is 1. The van der Waals surface area contributed by atoms with Gasteiger partial charge in [-0.15, -0.1) is 0 Å². The SMILES string of the molecule is CNCCC1CCCCN1Cc1cccc(C)c1C. The van der Waals surface area contributed by atoms with E-state index in [0.717, 1.165) is 19.1 Å². The van der Waals surface area contributed by atoms with Crippen molar-refractivity contribution in [2.24, 2.45) is 0 Å². The number of nitrogens with one attached hydrogen (secondary N) is 1. The monoisotopic (exact) mass is 260 g/mol. The van der Waals surface area contributed by atoms with E-state index < -0.39 is 0 Å². The van der Waals surface area contributed by atoms with Crippen LogP contribution in [0.2, 0.25) is 0 Å². The maximum atomic E-state index is 3.29. The van der Waals surface area contributed by atoms with Crippen LogP contribution in [0.25, 0.3) is 0 Å². The highest BCUT2D eigenvalue weighted by Gasteiger charge is 2.22. The number of hydrogen-bond acceptors (Lipinski definition) is 2. The molecule has 2 nitrogen and oxygen atoms in total. The molecule has 0 spiro atoms. The van der Waals surface area contributed by atoms with Crippen molar-refractivity contribution in [3.05, 3.63) is 34.9 Å². The Labute approximate surface area is 118 Å². The molecule has 1 N–H and O–H groups in total. The summed E-state index contributed by atoms with van der Waals surface area (Å²) in [6.07, 6.45) is 5.41. The molecule has 106 valence electrons. The van der Waals surface area contributed by atoms with Crippen LogP contribution >= 0.6 is 0 Å². The molecule has 1 atom stereocenters. The minimum Gasteiger partial charge on any atom is -0.320 e. The van der Waals surface area contributed by atoms with Gasteiger partial charge in [-0.1, -0.05) is 24.6 Å². The van der Waals surface area contributed by atoms with Crippen LogP contribution in [0.5, 0.6) is 0 Å². The van der Waals surface area contributed by atoms with Gasteiger partial charge in [0.2, 0.25) is 0 Å². The fraction of sp³-hybridized carbons (Fsp3) is 0.647. The van der Waals surface area contributed by atoms with Gasteiger partial charge in [-0.05, 0) is 69.9 Å². The average Bonchev–Trinajstić information content (AvgIpc) is 2.43. The van der Waals surface area contributed by atoms with Crippen LogP contribution < -0.4 is 5.32 Å². The molecular weight excluding hydrogens is 232 g/mol. The Kier molecular flexibility index (Phi) is 5.41. The third kappa shape index (κ3) is 3.80. The molecule has 0 bridgehead atoms. The zero-order valence-corrected chi connectivity index (χ0v) is 12.7. The second kappa shape index (κ2) is 7.06. The van der Waals surface area contributed by atoms with E-state index in [2.05, 4.69) is 49.3 Å². The molecular formula is C17H28N2. The van der Waals surface area contributed by atoms with Crippen molar-refractivity contribution in [3.63, 3.8) is 0 Å². The lowest BCUT2D eigenvalue weighted by Gasteiger charge is -2.36. The van der Waals surface area contributed by atoms with Crippen molar-refractivity contribution in [3.8, 4) is 0 Å². The Balaban J connectivity index is 2.04. The Morgan fingerprint density at radius 3 is 2.89 bits per heavy atom. The third-order valence-electron chi connectivity index (χ3n) is 4.57. The summed E-state index contributed by atoms with van der Waals surface area (Å²) >= 11 is 0. The molecule has 1 fully saturated rings. The molecule has 0 saturated carbocycles. The smallest absolute Gasteiger partial charge is 0.0239 e. The molecule has 0 aromatic heterocycles. The number of rotatable bonds is 5. The predicted molar refractivity (Wildman–Crippen MR) is 82.5 cm³/mol. The van der Waals surface area contributed by atoms with Crippen LogP contribution in [0.15, 0.2) is 18.2 Å². The van der Waals surface area contributed by atoms with Gasteiger partial charge >= 0.3 is 0 Å². The molecule has 0 aliphatic carbocycles. The molecule has 1 aromatic carbocycles. The second-order valence-corrected chi connectivity index (χ2v) is 5.87. The Morgan fingerprint density at radius 2 is 2.11 bits per heavy atom. The molecule has 1 unspecified atom stereocenters. The summed E-state index contributed by atoms with van der Waals surface area (Å²) in [7, 11) is 2.05. The number of hydrogen-bond donors (Lipinski definition) is 1. The van der Waals surface area contributed by atoms with Crippen LogP contribution in [-0.2, 0) is 6.54 Å². The van der Waals surface area contributed by atoms with Crippen molar-refractivity contribution in [2.75, 3.05) is 20.1 Å². The topological polar surface area (TPSA) is 15.3 Å². The molecule has 1 aliphatic heterocycles. The van der Waals surface area contributed by atoms with Crippen molar-refractivity contribution < 1.29 is 0 Å². The van der Waals surface area contributed by atoms with Crippen LogP contribution in [0.4, 0.5) is 0 Å². The molecule has 1 aliphatic rings. The zero-order chi connectivity index (χ0) is 13.7. The quantitative estimate of drug-likeness (QED) is 0.874. The van der Waals surface area contributed by atoms with Gasteiger partial charge in [0.25, 0.3) is 0 Å². The first kappa shape index (κ1) is 14.5. The van der Waals surface area contributed by atoms with Crippen molar-refractivity contribution in [2.45, 2.75) is 52.1 Å². The average molecular weight is 260 g/mol. The van der Waals surface area contributed by atoms with E-state index in [1.807, 2.05) is 0 Å². The number of likely N-dealkylation sites (tertiary alicyclic amines) is 1. The second-order valence-electron chi connectivity index (χ2n) is 5.87. The van der Waals surface area contributed by atoms with E-state index in [1.165, 1.54) is 48.9 Å². The van der Waals surface area contributed by atoms with Crippen molar-refractivity contribution in [1.29, 1.82) is 0 Å². The first-order chi connectivity index (χ1) is 9.22. The standard InChI is InChI=1S/C17H28N2/c1-14-7-6-8-16(15(14)2)13-19-12-5-4-9-17(19)10-11-18-3/h6-8,17-18H,4-5,9-13H2,1-3H3.